The van der Waals surface area contributed by atoms with E-state index in [4.69, 9.17) is 10.5 Å². The molecule has 2 nitrogen and oxygen atoms in total. The van der Waals surface area contributed by atoms with Gasteiger partial charge in [-0.15, -0.1) is 0 Å². The quantitative estimate of drug-likeness (QED) is 0.840. The molecule has 0 amide bonds. The highest BCUT2D eigenvalue weighted by Crippen LogP contribution is 2.51. The molecule has 6 unspecified atom stereocenters. The van der Waals surface area contributed by atoms with Crippen LogP contribution in [0.4, 0.5) is 0 Å². The van der Waals surface area contributed by atoms with Gasteiger partial charge in [-0.05, 0) is 62.2 Å². The molecule has 0 saturated heterocycles. The van der Waals surface area contributed by atoms with Crippen LogP contribution in [0.15, 0.2) is 0 Å². The zero-order valence-electron chi connectivity index (χ0n) is 12.7. The van der Waals surface area contributed by atoms with Gasteiger partial charge in [0, 0.05) is 13.2 Å². The second kappa shape index (κ2) is 5.37. The summed E-state index contributed by atoms with van der Waals surface area (Å²) in [5, 5.41) is 0. The highest BCUT2D eigenvalue weighted by molar-refractivity contribution is 4.99. The molecule has 0 aromatic rings. The van der Waals surface area contributed by atoms with Crippen molar-refractivity contribution in [3.05, 3.63) is 0 Å². The first-order valence-corrected chi connectivity index (χ1v) is 8.43. The first-order chi connectivity index (χ1) is 9.13. The van der Waals surface area contributed by atoms with Gasteiger partial charge in [-0.2, -0.15) is 0 Å². The maximum absolute atomic E-state index is 6.64. The zero-order valence-corrected chi connectivity index (χ0v) is 12.7. The number of nitrogens with two attached hydrogens (primary N) is 1. The maximum atomic E-state index is 6.64. The van der Waals surface area contributed by atoms with E-state index in [9.17, 15) is 0 Å². The van der Waals surface area contributed by atoms with E-state index in [0.29, 0.717) is 0 Å². The van der Waals surface area contributed by atoms with E-state index in [1.165, 1.54) is 57.8 Å². The second-order valence-electron chi connectivity index (χ2n) is 7.75. The van der Waals surface area contributed by atoms with Crippen molar-refractivity contribution in [2.45, 2.75) is 76.4 Å². The molecular weight excluding hydrogens is 234 g/mol. The molecule has 110 valence electrons. The molecule has 0 spiro atoms. The van der Waals surface area contributed by atoms with Crippen LogP contribution in [0.5, 0.6) is 0 Å². The molecule has 0 radical (unpaired) electrons. The highest BCUT2D eigenvalue weighted by Gasteiger charge is 2.45. The Labute approximate surface area is 118 Å². The third-order valence-corrected chi connectivity index (χ3v) is 6.51. The lowest BCUT2D eigenvalue weighted by Crippen LogP contribution is -2.53. The van der Waals surface area contributed by atoms with E-state index in [0.717, 1.165) is 23.7 Å². The van der Waals surface area contributed by atoms with Crippen molar-refractivity contribution in [1.82, 2.24) is 0 Å². The molecule has 2 N–H and O–H groups in total. The first kappa shape index (κ1) is 13.9. The summed E-state index contributed by atoms with van der Waals surface area (Å²) in [7, 11) is 1.89. The van der Waals surface area contributed by atoms with Gasteiger partial charge in [-0.25, -0.2) is 0 Å². The predicted octanol–water partition coefficient (Wildman–Crippen LogP) is 3.74. The Morgan fingerprint density at radius 1 is 1.26 bits per heavy atom. The number of hydrogen-bond donors (Lipinski definition) is 1. The van der Waals surface area contributed by atoms with Crippen molar-refractivity contribution >= 4 is 0 Å². The van der Waals surface area contributed by atoms with Gasteiger partial charge < -0.3 is 10.5 Å². The number of fused-ring (bicyclic) bond motifs is 2. The van der Waals surface area contributed by atoms with Crippen LogP contribution in [0.2, 0.25) is 0 Å². The Bertz CT molecular complexity index is 318. The van der Waals surface area contributed by atoms with E-state index in [2.05, 4.69) is 6.92 Å². The van der Waals surface area contributed by atoms with Crippen molar-refractivity contribution in [3.8, 4) is 0 Å². The molecule has 0 aromatic carbocycles. The summed E-state index contributed by atoms with van der Waals surface area (Å²) in [5.41, 5.74) is 6.63. The van der Waals surface area contributed by atoms with E-state index in [1.807, 2.05) is 7.11 Å². The fourth-order valence-corrected chi connectivity index (χ4v) is 5.42. The summed E-state index contributed by atoms with van der Waals surface area (Å²) in [6.45, 7) is 2.36. The number of rotatable bonds is 4. The van der Waals surface area contributed by atoms with Crippen molar-refractivity contribution in [1.29, 1.82) is 0 Å². The summed E-state index contributed by atoms with van der Waals surface area (Å²) >= 11 is 0. The zero-order chi connectivity index (χ0) is 13.5. The first-order valence-electron chi connectivity index (χ1n) is 8.43. The Kier molecular flexibility index (Phi) is 3.92. The van der Waals surface area contributed by atoms with Gasteiger partial charge in [0.05, 0.1) is 5.60 Å². The Morgan fingerprint density at radius 3 is 2.68 bits per heavy atom. The standard InChI is InChI=1S/C17H31NO/c1-12-4-3-7-17(11-12,19-2)16(18)10-15-9-13-5-6-14(15)8-13/h12-16H,3-11,18H2,1-2H3. The Hall–Kier alpha value is -0.0800. The lowest BCUT2D eigenvalue weighted by atomic mass is 9.71. The van der Waals surface area contributed by atoms with Crippen molar-refractivity contribution in [2.75, 3.05) is 7.11 Å². The van der Waals surface area contributed by atoms with E-state index < -0.39 is 0 Å². The Balaban J connectivity index is 1.63. The fourth-order valence-electron chi connectivity index (χ4n) is 5.42. The lowest BCUT2D eigenvalue weighted by Gasteiger charge is -2.44. The molecule has 19 heavy (non-hydrogen) atoms. The molecule has 3 aliphatic carbocycles. The van der Waals surface area contributed by atoms with Crippen molar-refractivity contribution in [3.63, 3.8) is 0 Å². The predicted molar refractivity (Wildman–Crippen MR) is 78.9 cm³/mol. The van der Waals surface area contributed by atoms with Crippen LogP contribution in [-0.2, 0) is 4.74 Å². The summed E-state index contributed by atoms with van der Waals surface area (Å²) < 4.78 is 5.98. The average molecular weight is 265 g/mol. The molecule has 3 fully saturated rings. The number of methoxy groups -OCH3 is 1. The second-order valence-corrected chi connectivity index (χ2v) is 7.75. The number of ether oxygens (including phenoxy) is 1. The topological polar surface area (TPSA) is 35.2 Å². The molecule has 3 rings (SSSR count). The van der Waals surface area contributed by atoms with Crippen LogP contribution in [0.3, 0.4) is 0 Å². The normalized spacial score (nSPS) is 47.5. The monoisotopic (exact) mass is 265 g/mol. The van der Waals surface area contributed by atoms with Gasteiger partial charge in [-0.3, -0.25) is 0 Å². The largest absolute Gasteiger partial charge is 0.377 e. The van der Waals surface area contributed by atoms with Crippen molar-refractivity contribution < 1.29 is 4.74 Å². The van der Waals surface area contributed by atoms with Gasteiger partial charge in [0.2, 0.25) is 0 Å². The van der Waals surface area contributed by atoms with Crippen LogP contribution in [0, 0.1) is 23.7 Å². The minimum atomic E-state index is -0.0144. The molecular formula is C17H31NO. The molecule has 3 saturated carbocycles. The third kappa shape index (κ3) is 2.58. The summed E-state index contributed by atoms with van der Waals surface area (Å²) in [6.07, 6.45) is 12.1. The summed E-state index contributed by atoms with van der Waals surface area (Å²) in [5.74, 6) is 3.70. The van der Waals surface area contributed by atoms with Crippen LogP contribution >= 0.6 is 0 Å². The van der Waals surface area contributed by atoms with Gasteiger partial charge in [0.1, 0.15) is 0 Å². The van der Waals surface area contributed by atoms with Gasteiger partial charge >= 0.3 is 0 Å². The average Bonchev–Trinajstić information content (AvgIpc) is 3.00. The van der Waals surface area contributed by atoms with E-state index in [-0.39, 0.29) is 11.6 Å². The van der Waals surface area contributed by atoms with Crippen LogP contribution in [-0.4, -0.2) is 18.8 Å². The molecule has 0 heterocycles. The Morgan fingerprint density at radius 2 is 2.11 bits per heavy atom. The highest BCUT2D eigenvalue weighted by atomic mass is 16.5. The molecule has 0 aliphatic heterocycles. The minimum absolute atomic E-state index is 0.0144. The van der Waals surface area contributed by atoms with Gasteiger partial charge in [-0.1, -0.05) is 26.2 Å². The molecule has 2 bridgehead atoms. The smallest absolute Gasteiger partial charge is 0.0831 e. The number of hydrogen-bond acceptors (Lipinski definition) is 2. The van der Waals surface area contributed by atoms with E-state index in [1.54, 1.807) is 0 Å². The maximum Gasteiger partial charge on any atom is 0.0831 e. The molecule has 3 aliphatic rings. The fraction of sp³-hybridized carbons (Fsp3) is 1.00. The summed E-state index contributed by atoms with van der Waals surface area (Å²) in [6, 6.07) is 0.254. The molecule has 0 aromatic heterocycles. The van der Waals surface area contributed by atoms with Gasteiger partial charge in [0.25, 0.3) is 0 Å². The van der Waals surface area contributed by atoms with E-state index >= 15 is 0 Å². The van der Waals surface area contributed by atoms with Crippen LogP contribution in [0.25, 0.3) is 0 Å². The third-order valence-electron chi connectivity index (χ3n) is 6.51. The summed E-state index contributed by atoms with van der Waals surface area (Å²) in [4.78, 5) is 0. The molecule has 2 heteroatoms. The molecule has 6 atom stereocenters. The lowest BCUT2D eigenvalue weighted by molar-refractivity contribution is -0.0762. The van der Waals surface area contributed by atoms with Crippen molar-refractivity contribution in [2.24, 2.45) is 29.4 Å². The van der Waals surface area contributed by atoms with Crippen LogP contribution < -0.4 is 5.73 Å². The SMILES string of the molecule is COC1(C(N)CC2CC3CCC2C3)CCCC(C)C1. The van der Waals surface area contributed by atoms with Gasteiger partial charge in [0.15, 0.2) is 0 Å². The van der Waals surface area contributed by atoms with Crippen LogP contribution in [0.1, 0.15) is 64.7 Å². The minimum Gasteiger partial charge on any atom is -0.377 e.